The first-order valence-corrected chi connectivity index (χ1v) is 4.90. The first-order valence-electron chi connectivity index (χ1n) is 3.42. The van der Waals surface area contributed by atoms with Gasteiger partial charge in [0.1, 0.15) is 0 Å². The van der Waals surface area contributed by atoms with Crippen LogP contribution in [0.5, 0.6) is 0 Å². The molecule has 0 fully saturated rings. The van der Waals surface area contributed by atoms with Gasteiger partial charge in [0, 0.05) is 0 Å². The molecule has 0 aliphatic heterocycles. The third-order valence-electron chi connectivity index (χ3n) is 1.73. The molecule has 0 aromatic carbocycles. The predicted octanol–water partition coefficient (Wildman–Crippen LogP) is 3.78. The van der Waals surface area contributed by atoms with Gasteiger partial charge >= 0.3 is 0 Å². The number of rotatable bonds is 1. The monoisotopic (exact) mass is 152 g/mol. The van der Waals surface area contributed by atoms with E-state index in [-0.39, 0.29) is 7.53 Å². The maximum Gasteiger partial charge on any atom is -0.0348 e. The topological polar surface area (TPSA) is 0 Å². The highest BCUT2D eigenvalue weighted by Gasteiger charge is 1.97. The fraction of sp³-hybridized carbons (Fsp3) is 0.333. The van der Waals surface area contributed by atoms with Gasteiger partial charge in [-0.05, 0) is 48.8 Å². The summed E-state index contributed by atoms with van der Waals surface area (Å²) in [6.45, 7) is 10.4. The molecule has 54 valence electrons. The van der Waals surface area contributed by atoms with Crippen molar-refractivity contribution in [3.8, 4) is 0 Å². The summed E-state index contributed by atoms with van der Waals surface area (Å²) in [5.74, 6) is 4.65. The molecule has 1 rings (SSSR count). The third-order valence-corrected chi connectivity index (χ3v) is 3.94. The molecule has 0 N–H and O–H groups in total. The van der Waals surface area contributed by atoms with Crippen LogP contribution >= 0.6 is 7.53 Å². The third kappa shape index (κ3) is 1.33. The molecule has 0 aliphatic rings. The highest BCUT2D eigenvalue weighted by atomic mass is 31.1. The fourth-order valence-corrected chi connectivity index (χ4v) is 2.64. The Morgan fingerprint density at radius 2 is 1.70 bits per heavy atom. The van der Waals surface area contributed by atoms with Crippen LogP contribution in [0, 0.1) is 13.8 Å². The Morgan fingerprint density at radius 3 is 1.90 bits per heavy atom. The van der Waals surface area contributed by atoms with Gasteiger partial charge in [0.15, 0.2) is 0 Å². The molecule has 0 aliphatic carbocycles. The van der Waals surface area contributed by atoms with Crippen molar-refractivity contribution in [2.45, 2.75) is 20.8 Å². The van der Waals surface area contributed by atoms with Crippen molar-refractivity contribution in [1.29, 1.82) is 0 Å². The zero-order valence-corrected chi connectivity index (χ0v) is 7.70. The molecular formula is C9H13P. The first-order chi connectivity index (χ1) is 4.61. The van der Waals surface area contributed by atoms with Gasteiger partial charge in [-0.2, -0.15) is 0 Å². The number of aryl methyl sites for hydroxylation is 2. The summed E-state index contributed by atoms with van der Waals surface area (Å²) < 4.78 is 0. The molecule has 0 bridgehead atoms. The number of hydrogen-bond donors (Lipinski definition) is 0. The second kappa shape index (κ2) is 2.64. The second-order valence-corrected chi connectivity index (χ2v) is 4.86. The van der Waals surface area contributed by atoms with E-state index >= 15 is 0 Å². The van der Waals surface area contributed by atoms with Gasteiger partial charge in [0.25, 0.3) is 0 Å². The summed E-state index contributed by atoms with van der Waals surface area (Å²) in [6, 6.07) is 0. The van der Waals surface area contributed by atoms with Crippen LogP contribution in [0.15, 0.2) is 18.2 Å². The zero-order valence-electron chi connectivity index (χ0n) is 6.81. The molecule has 0 radical (unpaired) electrons. The van der Waals surface area contributed by atoms with Crippen LogP contribution in [0.1, 0.15) is 18.1 Å². The standard InChI is InChI=1S/C9H13P/c1-7(2)10-5-8(3)9(4)6-10/h5-6H,1H2,2-4H3. The molecule has 0 amide bonds. The van der Waals surface area contributed by atoms with E-state index < -0.39 is 0 Å². The lowest BCUT2D eigenvalue weighted by Crippen LogP contribution is -1.63. The molecule has 0 unspecified atom stereocenters. The fourth-order valence-electron chi connectivity index (χ4n) is 0.879. The average molecular weight is 152 g/mol. The van der Waals surface area contributed by atoms with E-state index in [1.165, 1.54) is 16.4 Å². The maximum atomic E-state index is 3.95. The Balaban J connectivity index is 3.10. The molecule has 0 spiro atoms. The minimum atomic E-state index is -0.101. The maximum absolute atomic E-state index is 3.95. The summed E-state index contributed by atoms with van der Waals surface area (Å²) in [6.07, 6.45) is 0. The lowest BCUT2D eigenvalue weighted by atomic mass is 10.2. The molecular weight excluding hydrogens is 139 g/mol. The van der Waals surface area contributed by atoms with E-state index in [2.05, 4.69) is 38.9 Å². The Hall–Kier alpha value is -0.480. The Morgan fingerprint density at radius 1 is 1.30 bits per heavy atom. The van der Waals surface area contributed by atoms with Gasteiger partial charge < -0.3 is 0 Å². The number of allylic oxidation sites excluding steroid dienone is 1. The molecule has 0 atom stereocenters. The quantitative estimate of drug-likeness (QED) is 0.574. The Kier molecular flexibility index (Phi) is 2.01. The Labute approximate surface area is 63.6 Å². The molecule has 0 nitrogen and oxygen atoms in total. The summed E-state index contributed by atoms with van der Waals surface area (Å²) in [4.78, 5) is 0. The first kappa shape index (κ1) is 7.63. The molecule has 1 heteroatoms. The molecule has 10 heavy (non-hydrogen) atoms. The highest BCUT2D eigenvalue weighted by Crippen LogP contribution is 2.40. The van der Waals surface area contributed by atoms with Crippen LogP contribution in [0.2, 0.25) is 0 Å². The van der Waals surface area contributed by atoms with Gasteiger partial charge in [-0.25, -0.2) is 0 Å². The summed E-state index contributed by atoms with van der Waals surface area (Å²) >= 11 is 0. The van der Waals surface area contributed by atoms with Gasteiger partial charge in [-0.3, -0.25) is 0 Å². The summed E-state index contributed by atoms with van der Waals surface area (Å²) in [5, 5.41) is 1.30. The lowest BCUT2D eigenvalue weighted by Gasteiger charge is -1.90. The van der Waals surface area contributed by atoms with E-state index in [1.54, 1.807) is 0 Å². The van der Waals surface area contributed by atoms with Crippen LogP contribution in [-0.2, 0) is 0 Å². The largest absolute Gasteiger partial charge is 0.0979 e. The molecule has 1 heterocycles. The van der Waals surface area contributed by atoms with E-state index in [4.69, 9.17) is 0 Å². The van der Waals surface area contributed by atoms with E-state index in [1.807, 2.05) is 0 Å². The van der Waals surface area contributed by atoms with Gasteiger partial charge in [-0.15, -0.1) is 0 Å². The van der Waals surface area contributed by atoms with Crippen LogP contribution in [0.25, 0.3) is 5.31 Å². The highest BCUT2D eigenvalue weighted by molar-refractivity contribution is 7.59. The Bertz CT molecular complexity index is 236. The SMILES string of the molecule is C=C(C)p1cc(C)c(C)c1. The molecule has 1 aromatic heterocycles. The second-order valence-electron chi connectivity index (χ2n) is 2.77. The zero-order chi connectivity index (χ0) is 7.72. The van der Waals surface area contributed by atoms with Gasteiger partial charge in [0.2, 0.25) is 0 Å². The smallest absolute Gasteiger partial charge is 0.0348 e. The van der Waals surface area contributed by atoms with E-state index in [9.17, 15) is 0 Å². The van der Waals surface area contributed by atoms with Crippen LogP contribution in [-0.4, -0.2) is 0 Å². The van der Waals surface area contributed by atoms with E-state index in [0.717, 1.165) is 0 Å². The number of hydrogen-bond acceptors (Lipinski definition) is 0. The van der Waals surface area contributed by atoms with Crippen LogP contribution in [0.4, 0.5) is 0 Å². The lowest BCUT2D eigenvalue weighted by molar-refractivity contribution is 1.41. The molecule has 0 saturated carbocycles. The van der Waals surface area contributed by atoms with Crippen LogP contribution in [0.3, 0.4) is 0 Å². The van der Waals surface area contributed by atoms with Crippen molar-refractivity contribution in [1.82, 2.24) is 0 Å². The van der Waals surface area contributed by atoms with Crippen molar-refractivity contribution >= 4 is 12.8 Å². The normalized spacial score (nSPS) is 9.90. The summed E-state index contributed by atoms with van der Waals surface area (Å²) in [7, 11) is -0.101. The van der Waals surface area contributed by atoms with Crippen molar-refractivity contribution in [3.63, 3.8) is 0 Å². The van der Waals surface area contributed by atoms with E-state index in [0.29, 0.717) is 0 Å². The molecule has 0 saturated heterocycles. The van der Waals surface area contributed by atoms with Crippen molar-refractivity contribution in [2.75, 3.05) is 0 Å². The average Bonchev–Trinajstić information content (AvgIpc) is 2.13. The summed E-state index contributed by atoms with van der Waals surface area (Å²) in [5.41, 5.74) is 2.85. The van der Waals surface area contributed by atoms with Crippen molar-refractivity contribution in [3.05, 3.63) is 29.3 Å². The van der Waals surface area contributed by atoms with Crippen molar-refractivity contribution in [2.24, 2.45) is 0 Å². The van der Waals surface area contributed by atoms with Crippen molar-refractivity contribution < 1.29 is 0 Å². The molecule has 1 aromatic rings. The van der Waals surface area contributed by atoms with Crippen LogP contribution < -0.4 is 0 Å². The predicted molar refractivity (Wildman–Crippen MR) is 49.6 cm³/mol. The minimum Gasteiger partial charge on any atom is -0.0979 e. The minimum absolute atomic E-state index is 0.101. The van der Waals surface area contributed by atoms with Gasteiger partial charge in [-0.1, -0.05) is 14.1 Å². The van der Waals surface area contributed by atoms with Gasteiger partial charge in [0.05, 0.1) is 0 Å².